The third-order valence-electron chi connectivity index (χ3n) is 2.35. The van der Waals surface area contributed by atoms with Crippen molar-refractivity contribution in [2.75, 3.05) is 6.61 Å². The molecule has 2 aliphatic heterocycles. The lowest BCUT2D eigenvalue weighted by atomic mass is 10.1. The first-order valence-electron chi connectivity index (χ1n) is 4.43. The molecule has 14 heavy (non-hydrogen) atoms. The van der Waals surface area contributed by atoms with Gasteiger partial charge in [-0.1, -0.05) is 12.1 Å². The highest BCUT2D eigenvalue weighted by Gasteiger charge is 2.29. The summed E-state index contributed by atoms with van der Waals surface area (Å²) < 4.78 is 17.5. The molecule has 0 N–H and O–H groups in total. The van der Waals surface area contributed by atoms with Gasteiger partial charge >= 0.3 is 0 Å². The molecule has 3 rings (SSSR count). The fraction of sp³-hybridized carbons (Fsp3) is 0.0909. The molecule has 0 aromatic heterocycles. The average molecular weight is 204 g/mol. The normalized spacial score (nSPS) is 23.0. The molecule has 1 unspecified atom stereocenters. The number of hydrogen-bond donors (Lipinski definition) is 0. The highest BCUT2D eigenvalue weighted by molar-refractivity contribution is 7.90. The van der Waals surface area contributed by atoms with E-state index < -0.39 is 10.8 Å². The Bertz CT molecular complexity index is 486. The zero-order chi connectivity index (χ0) is 9.54. The van der Waals surface area contributed by atoms with Crippen molar-refractivity contribution in [2.45, 2.75) is 4.90 Å². The Morgan fingerprint density at radius 3 is 3.07 bits per heavy atom. The molecule has 70 valence electrons. The Labute approximate surface area is 84.4 Å². The van der Waals surface area contributed by atoms with E-state index in [2.05, 4.69) is 0 Å². The van der Waals surface area contributed by atoms with Crippen LogP contribution in [0.2, 0.25) is 0 Å². The van der Waals surface area contributed by atoms with E-state index in [0.29, 0.717) is 6.61 Å². The lowest BCUT2D eigenvalue weighted by Gasteiger charge is -2.09. The van der Waals surface area contributed by atoms with Gasteiger partial charge in [0.25, 0.3) is 0 Å². The average Bonchev–Trinajstić information content (AvgIpc) is 2.55. The summed E-state index contributed by atoms with van der Waals surface area (Å²) >= 11 is 0. The van der Waals surface area contributed by atoms with Gasteiger partial charge in [-0.15, -0.1) is 0 Å². The predicted molar refractivity (Wildman–Crippen MR) is 54.9 cm³/mol. The molecule has 2 aliphatic rings. The second-order valence-corrected chi connectivity index (χ2v) is 4.59. The minimum atomic E-state index is -1.05. The fourth-order valence-corrected chi connectivity index (χ4v) is 3.08. The summed E-state index contributed by atoms with van der Waals surface area (Å²) in [6, 6.07) is 7.68. The van der Waals surface area contributed by atoms with Gasteiger partial charge in [-0.3, -0.25) is 0 Å². The number of benzene rings is 1. The summed E-state index contributed by atoms with van der Waals surface area (Å²) in [5.74, 6) is 0.793. The number of allylic oxidation sites excluding steroid dienone is 1. The molecule has 0 saturated carbocycles. The molecule has 0 amide bonds. The smallest absolute Gasteiger partial charge is 0.144 e. The van der Waals surface area contributed by atoms with Crippen molar-refractivity contribution in [2.24, 2.45) is 0 Å². The molecule has 0 radical (unpaired) electrons. The topological polar surface area (TPSA) is 26.3 Å². The molecule has 2 nitrogen and oxygen atoms in total. The Morgan fingerprint density at radius 1 is 1.29 bits per heavy atom. The van der Waals surface area contributed by atoms with Crippen LogP contribution in [-0.2, 0) is 15.5 Å². The maximum atomic E-state index is 12.0. The van der Waals surface area contributed by atoms with Crippen LogP contribution in [-0.4, -0.2) is 10.8 Å². The Balaban J connectivity index is 2.28. The number of hydrogen-bond acceptors (Lipinski definition) is 2. The maximum absolute atomic E-state index is 12.0. The molecular formula is C11H8O2S. The molecule has 0 fully saturated rings. The molecule has 1 aromatic carbocycles. The van der Waals surface area contributed by atoms with Crippen LogP contribution in [0, 0.1) is 0 Å². The monoisotopic (exact) mass is 204 g/mol. The van der Waals surface area contributed by atoms with Crippen molar-refractivity contribution in [1.82, 2.24) is 0 Å². The first kappa shape index (κ1) is 8.00. The molecule has 0 bridgehead atoms. The minimum absolute atomic E-state index is 0.574. The van der Waals surface area contributed by atoms with Crippen LogP contribution in [0.1, 0.15) is 5.56 Å². The van der Waals surface area contributed by atoms with Gasteiger partial charge in [0, 0.05) is 5.56 Å². The van der Waals surface area contributed by atoms with Gasteiger partial charge in [-0.25, -0.2) is 4.21 Å². The van der Waals surface area contributed by atoms with Gasteiger partial charge in [0.15, 0.2) is 0 Å². The lowest BCUT2D eigenvalue weighted by molar-refractivity contribution is 0.315. The van der Waals surface area contributed by atoms with Crippen LogP contribution >= 0.6 is 0 Å². The SMILES string of the molecule is O=S1C2=C(OCC=C2)c2ccccc21. The molecule has 0 aliphatic carbocycles. The van der Waals surface area contributed by atoms with Crippen LogP contribution in [0.25, 0.3) is 5.76 Å². The zero-order valence-corrected chi connectivity index (χ0v) is 8.21. The number of ether oxygens (including phenoxy) is 1. The highest BCUT2D eigenvalue weighted by Crippen LogP contribution is 2.38. The van der Waals surface area contributed by atoms with E-state index in [1.165, 1.54) is 0 Å². The Morgan fingerprint density at radius 2 is 2.14 bits per heavy atom. The van der Waals surface area contributed by atoms with Crippen molar-refractivity contribution in [3.63, 3.8) is 0 Å². The highest BCUT2D eigenvalue weighted by atomic mass is 32.2. The summed E-state index contributed by atoms with van der Waals surface area (Å²) in [6.45, 7) is 0.574. The van der Waals surface area contributed by atoms with Crippen LogP contribution in [0.4, 0.5) is 0 Å². The Hall–Kier alpha value is -1.35. The Kier molecular flexibility index (Phi) is 1.61. The first-order chi connectivity index (χ1) is 6.88. The second-order valence-electron chi connectivity index (χ2n) is 3.17. The van der Waals surface area contributed by atoms with E-state index >= 15 is 0 Å². The van der Waals surface area contributed by atoms with Gasteiger partial charge in [0.2, 0.25) is 0 Å². The van der Waals surface area contributed by atoms with Crippen molar-refractivity contribution in [3.05, 3.63) is 46.9 Å². The van der Waals surface area contributed by atoms with E-state index in [-0.39, 0.29) is 0 Å². The van der Waals surface area contributed by atoms with E-state index in [0.717, 1.165) is 21.1 Å². The minimum Gasteiger partial charge on any atom is -0.488 e. The van der Waals surface area contributed by atoms with E-state index in [1.54, 1.807) is 0 Å². The quantitative estimate of drug-likeness (QED) is 0.646. The zero-order valence-electron chi connectivity index (χ0n) is 7.40. The van der Waals surface area contributed by atoms with Gasteiger partial charge in [-0.2, -0.15) is 0 Å². The standard InChI is InChI=1S/C11H8O2S/c12-14-9-5-2-1-4-8(9)11-10(14)6-3-7-13-11/h1-6H,7H2. The van der Waals surface area contributed by atoms with Gasteiger partial charge in [0.05, 0.1) is 20.6 Å². The van der Waals surface area contributed by atoms with Crippen molar-refractivity contribution >= 4 is 16.6 Å². The summed E-state index contributed by atoms with van der Waals surface area (Å²) in [5, 5.41) is 0. The molecule has 1 aromatic rings. The van der Waals surface area contributed by atoms with E-state index in [4.69, 9.17) is 4.74 Å². The van der Waals surface area contributed by atoms with Gasteiger partial charge in [-0.05, 0) is 24.3 Å². The summed E-state index contributed by atoms with van der Waals surface area (Å²) in [5.41, 5.74) is 0.977. The molecule has 2 heterocycles. The summed E-state index contributed by atoms with van der Waals surface area (Å²) in [4.78, 5) is 1.67. The summed E-state index contributed by atoms with van der Waals surface area (Å²) in [7, 11) is -1.05. The molecule has 3 heteroatoms. The van der Waals surface area contributed by atoms with Crippen molar-refractivity contribution in [1.29, 1.82) is 0 Å². The predicted octanol–water partition coefficient (Wildman–Crippen LogP) is 2.06. The third-order valence-corrected chi connectivity index (χ3v) is 3.82. The molecule has 0 saturated heterocycles. The number of rotatable bonds is 0. The van der Waals surface area contributed by atoms with Crippen molar-refractivity contribution in [3.8, 4) is 0 Å². The van der Waals surface area contributed by atoms with Crippen LogP contribution < -0.4 is 0 Å². The molecule has 1 atom stereocenters. The van der Waals surface area contributed by atoms with Gasteiger partial charge in [0.1, 0.15) is 12.4 Å². The lowest BCUT2D eigenvalue weighted by Crippen LogP contribution is -1.97. The number of fused-ring (bicyclic) bond motifs is 2. The summed E-state index contributed by atoms with van der Waals surface area (Å²) in [6.07, 6.45) is 3.79. The largest absolute Gasteiger partial charge is 0.488 e. The van der Waals surface area contributed by atoms with E-state index in [9.17, 15) is 4.21 Å². The van der Waals surface area contributed by atoms with Crippen LogP contribution in [0.5, 0.6) is 0 Å². The first-order valence-corrected chi connectivity index (χ1v) is 5.58. The van der Waals surface area contributed by atoms with Crippen LogP contribution in [0.3, 0.4) is 0 Å². The van der Waals surface area contributed by atoms with Crippen molar-refractivity contribution < 1.29 is 8.95 Å². The van der Waals surface area contributed by atoms with Crippen LogP contribution in [0.15, 0.2) is 46.2 Å². The second kappa shape index (κ2) is 2.82. The fourth-order valence-electron chi connectivity index (χ4n) is 1.72. The molecular weight excluding hydrogens is 196 g/mol. The van der Waals surface area contributed by atoms with E-state index in [1.807, 2.05) is 36.4 Å². The third kappa shape index (κ3) is 0.930. The van der Waals surface area contributed by atoms with Gasteiger partial charge < -0.3 is 4.74 Å². The maximum Gasteiger partial charge on any atom is 0.144 e. The molecule has 0 spiro atoms.